The normalized spacial score (nSPS) is 26.4. The number of allylic oxidation sites excluding steroid dienone is 2. The number of rotatable bonds is 2. The molecule has 1 heterocycles. The average molecular weight is 177 g/mol. The zero-order valence-electron chi connectivity index (χ0n) is 8.17. The van der Waals surface area contributed by atoms with Crippen molar-refractivity contribution in [3.63, 3.8) is 0 Å². The number of nitriles is 1. The van der Waals surface area contributed by atoms with E-state index in [1.807, 2.05) is 13.8 Å². The summed E-state index contributed by atoms with van der Waals surface area (Å²) in [6, 6.07) is 2.28. The first-order valence-corrected chi connectivity index (χ1v) is 4.46. The molecular weight excluding hydrogens is 162 g/mol. The Morgan fingerprint density at radius 3 is 2.85 bits per heavy atom. The summed E-state index contributed by atoms with van der Waals surface area (Å²) in [4.78, 5) is 4.08. The molecule has 1 atom stereocenters. The molecule has 0 radical (unpaired) electrons. The van der Waals surface area contributed by atoms with Gasteiger partial charge < -0.3 is 5.73 Å². The zero-order chi connectivity index (χ0) is 9.90. The van der Waals surface area contributed by atoms with E-state index in [-0.39, 0.29) is 0 Å². The fourth-order valence-electron chi connectivity index (χ4n) is 1.39. The van der Waals surface area contributed by atoms with Crippen LogP contribution < -0.4 is 5.73 Å². The predicted molar refractivity (Wildman–Crippen MR) is 53.2 cm³/mol. The summed E-state index contributed by atoms with van der Waals surface area (Å²) >= 11 is 0. The minimum absolute atomic E-state index is 0.507. The number of nitrogens with two attached hydrogens (primary N) is 1. The molecule has 1 unspecified atom stereocenters. The van der Waals surface area contributed by atoms with E-state index in [1.54, 1.807) is 0 Å². The molecule has 0 aromatic carbocycles. The van der Waals surface area contributed by atoms with Gasteiger partial charge in [0.15, 0.2) is 0 Å². The van der Waals surface area contributed by atoms with Crippen molar-refractivity contribution >= 4 is 5.84 Å². The van der Waals surface area contributed by atoms with Crippen LogP contribution in [0.5, 0.6) is 0 Å². The smallest absolute Gasteiger partial charge is 0.119 e. The highest BCUT2D eigenvalue weighted by atomic mass is 14.9. The molecule has 3 nitrogen and oxygen atoms in total. The summed E-state index contributed by atoms with van der Waals surface area (Å²) in [6.07, 6.45) is 3.51. The zero-order valence-corrected chi connectivity index (χ0v) is 8.17. The van der Waals surface area contributed by atoms with Crippen LogP contribution in [0, 0.1) is 16.7 Å². The molecule has 0 spiro atoms. The van der Waals surface area contributed by atoms with Gasteiger partial charge in [-0.05, 0) is 26.7 Å². The summed E-state index contributed by atoms with van der Waals surface area (Å²) in [5.41, 5.74) is 6.41. The van der Waals surface area contributed by atoms with Crippen LogP contribution in [0.25, 0.3) is 0 Å². The van der Waals surface area contributed by atoms with Crippen LogP contribution in [-0.4, -0.2) is 12.4 Å². The van der Waals surface area contributed by atoms with Crippen LogP contribution in [0.2, 0.25) is 0 Å². The number of hydrogen-bond acceptors (Lipinski definition) is 3. The van der Waals surface area contributed by atoms with Gasteiger partial charge in [-0.2, -0.15) is 5.26 Å². The Balaban J connectivity index is 2.79. The predicted octanol–water partition coefficient (Wildman–Crippen LogP) is 1.61. The highest BCUT2D eigenvalue weighted by Crippen LogP contribution is 2.31. The van der Waals surface area contributed by atoms with E-state index < -0.39 is 5.41 Å². The number of amidine groups is 1. The lowest BCUT2D eigenvalue weighted by Crippen LogP contribution is -2.32. The van der Waals surface area contributed by atoms with E-state index >= 15 is 0 Å². The molecule has 3 heteroatoms. The minimum atomic E-state index is -0.517. The summed E-state index contributed by atoms with van der Waals surface area (Å²) in [5, 5.41) is 9.06. The molecule has 13 heavy (non-hydrogen) atoms. The van der Waals surface area contributed by atoms with Gasteiger partial charge in [0.2, 0.25) is 0 Å². The van der Waals surface area contributed by atoms with Crippen LogP contribution in [0.4, 0.5) is 0 Å². The van der Waals surface area contributed by atoms with Crippen molar-refractivity contribution in [2.75, 3.05) is 6.54 Å². The maximum atomic E-state index is 9.06. The van der Waals surface area contributed by atoms with Crippen molar-refractivity contribution in [2.45, 2.75) is 26.7 Å². The summed E-state index contributed by atoms with van der Waals surface area (Å²) in [7, 11) is 0. The molecule has 0 bridgehead atoms. The van der Waals surface area contributed by atoms with Crippen LogP contribution in [0.1, 0.15) is 26.7 Å². The largest absolute Gasteiger partial charge is 0.386 e. The summed E-state index contributed by atoms with van der Waals surface area (Å²) < 4.78 is 0. The van der Waals surface area contributed by atoms with E-state index in [2.05, 4.69) is 17.1 Å². The first kappa shape index (κ1) is 9.79. The van der Waals surface area contributed by atoms with Crippen LogP contribution in [-0.2, 0) is 0 Å². The van der Waals surface area contributed by atoms with Crippen molar-refractivity contribution in [3.05, 3.63) is 11.6 Å². The van der Waals surface area contributed by atoms with Gasteiger partial charge in [0, 0.05) is 6.54 Å². The molecule has 70 valence electrons. The van der Waals surface area contributed by atoms with E-state index in [1.165, 1.54) is 5.57 Å². The summed E-state index contributed by atoms with van der Waals surface area (Å²) in [6.45, 7) is 4.73. The first-order chi connectivity index (χ1) is 6.10. The van der Waals surface area contributed by atoms with Crippen LogP contribution >= 0.6 is 0 Å². The van der Waals surface area contributed by atoms with Crippen molar-refractivity contribution in [2.24, 2.45) is 16.1 Å². The van der Waals surface area contributed by atoms with E-state index in [0.29, 0.717) is 18.8 Å². The highest BCUT2D eigenvalue weighted by Gasteiger charge is 2.36. The second-order valence-corrected chi connectivity index (χ2v) is 3.70. The molecule has 1 aliphatic heterocycles. The average Bonchev–Trinajstić information content (AvgIpc) is 2.45. The van der Waals surface area contributed by atoms with Crippen LogP contribution in [0.15, 0.2) is 16.6 Å². The van der Waals surface area contributed by atoms with Gasteiger partial charge in [-0.25, -0.2) is 0 Å². The monoisotopic (exact) mass is 177 g/mol. The van der Waals surface area contributed by atoms with Gasteiger partial charge in [-0.3, -0.25) is 4.99 Å². The van der Waals surface area contributed by atoms with Gasteiger partial charge in [-0.15, -0.1) is 0 Å². The Morgan fingerprint density at radius 1 is 1.77 bits per heavy atom. The molecule has 2 N–H and O–H groups in total. The quantitative estimate of drug-likeness (QED) is 0.651. The fraction of sp³-hybridized carbons (Fsp3) is 0.600. The maximum absolute atomic E-state index is 9.06. The Labute approximate surface area is 79.0 Å². The van der Waals surface area contributed by atoms with Crippen LogP contribution in [0.3, 0.4) is 0 Å². The molecule has 0 aromatic heterocycles. The van der Waals surface area contributed by atoms with Crippen molar-refractivity contribution in [1.29, 1.82) is 5.26 Å². The minimum Gasteiger partial charge on any atom is -0.386 e. The number of hydrogen-bond donors (Lipinski definition) is 1. The van der Waals surface area contributed by atoms with Crippen molar-refractivity contribution in [1.82, 2.24) is 0 Å². The standard InChI is InChI=1S/C10H15N3/c1-8(2)3-4-10(7-11)5-6-13-9(10)12/h3H,4-6H2,1-2H3,(H2,12,13). The molecule has 1 aliphatic rings. The molecule has 0 fully saturated rings. The highest BCUT2D eigenvalue weighted by molar-refractivity contribution is 5.90. The van der Waals surface area contributed by atoms with Gasteiger partial charge in [0.05, 0.1) is 6.07 Å². The SMILES string of the molecule is CC(C)=CCC1(C#N)CCN=C1N. The van der Waals surface area contributed by atoms with Crippen molar-refractivity contribution in [3.8, 4) is 6.07 Å². The van der Waals surface area contributed by atoms with Gasteiger partial charge >= 0.3 is 0 Å². The third-order valence-corrected chi connectivity index (χ3v) is 2.38. The second kappa shape index (κ2) is 3.61. The van der Waals surface area contributed by atoms with Gasteiger partial charge in [0.25, 0.3) is 0 Å². The molecular formula is C10H15N3. The lowest BCUT2D eigenvalue weighted by molar-refractivity contribution is 0.545. The fourth-order valence-corrected chi connectivity index (χ4v) is 1.39. The third kappa shape index (κ3) is 1.89. The lowest BCUT2D eigenvalue weighted by Gasteiger charge is -2.18. The molecule has 0 aliphatic carbocycles. The molecule has 1 rings (SSSR count). The second-order valence-electron chi connectivity index (χ2n) is 3.70. The lowest BCUT2D eigenvalue weighted by atomic mass is 9.83. The Morgan fingerprint density at radius 2 is 2.46 bits per heavy atom. The molecule has 0 saturated carbocycles. The Kier molecular flexibility index (Phi) is 2.72. The Hall–Kier alpha value is -1.30. The van der Waals surface area contributed by atoms with E-state index in [0.717, 1.165) is 6.42 Å². The molecule has 0 aromatic rings. The molecule has 0 amide bonds. The number of aliphatic imine (C=N–C) groups is 1. The summed E-state index contributed by atoms with van der Waals surface area (Å²) in [5.74, 6) is 0.507. The number of nitrogens with zero attached hydrogens (tertiary/aromatic N) is 2. The molecule has 0 saturated heterocycles. The topological polar surface area (TPSA) is 62.2 Å². The Bertz CT molecular complexity index is 292. The van der Waals surface area contributed by atoms with Crippen molar-refractivity contribution < 1.29 is 0 Å². The maximum Gasteiger partial charge on any atom is 0.119 e. The van der Waals surface area contributed by atoms with Gasteiger partial charge in [-0.1, -0.05) is 11.6 Å². The van der Waals surface area contributed by atoms with E-state index in [9.17, 15) is 0 Å². The van der Waals surface area contributed by atoms with Gasteiger partial charge in [0.1, 0.15) is 11.3 Å². The third-order valence-electron chi connectivity index (χ3n) is 2.38. The first-order valence-electron chi connectivity index (χ1n) is 4.46. The van der Waals surface area contributed by atoms with E-state index in [4.69, 9.17) is 11.0 Å².